The number of hydrazone groups is 1. The molecule has 4 rings (SSSR count). The van der Waals surface area contributed by atoms with Gasteiger partial charge in [-0.05, 0) is 31.7 Å². The number of fused-ring (bicyclic) bond motifs is 1. The monoisotopic (exact) mass is 311 g/mol. The van der Waals surface area contributed by atoms with Crippen LogP contribution in [-0.4, -0.2) is 36.3 Å². The fourth-order valence-corrected chi connectivity index (χ4v) is 4.01. The molecular weight excluding hydrogens is 286 g/mol. The highest BCUT2D eigenvalue weighted by atomic mass is 15.6. The Morgan fingerprint density at radius 3 is 3.09 bits per heavy atom. The maximum atomic E-state index is 8.35. The van der Waals surface area contributed by atoms with Crippen LogP contribution in [0, 0.1) is 23.2 Å². The van der Waals surface area contributed by atoms with Crippen LogP contribution < -0.4 is 10.6 Å². The lowest BCUT2D eigenvalue weighted by Crippen LogP contribution is -2.52. The van der Waals surface area contributed by atoms with E-state index >= 15 is 0 Å². The molecule has 0 bridgehead atoms. The molecule has 3 heterocycles. The normalized spacial score (nSPS) is 36.4. The molecule has 0 saturated carbocycles. The van der Waals surface area contributed by atoms with Crippen LogP contribution in [0.15, 0.2) is 40.7 Å². The largest absolute Gasteiger partial charge is 0.366 e. The fraction of sp³-hybridized carbons (Fsp3) is 0.556. The Morgan fingerprint density at radius 1 is 1.39 bits per heavy atom. The van der Waals surface area contributed by atoms with Crippen molar-refractivity contribution in [3.8, 4) is 0 Å². The van der Waals surface area contributed by atoms with Gasteiger partial charge in [-0.3, -0.25) is 5.41 Å². The van der Waals surface area contributed by atoms with Gasteiger partial charge >= 0.3 is 0 Å². The molecule has 0 radical (unpaired) electrons. The highest BCUT2D eigenvalue weighted by Crippen LogP contribution is 2.33. The summed E-state index contributed by atoms with van der Waals surface area (Å²) >= 11 is 0. The average Bonchev–Trinajstić information content (AvgIpc) is 3.00. The summed E-state index contributed by atoms with van der Waals surface area (Å²) in [6.45, 7) is 4.37. The molecule has 0 aromatic carbocycles. The van der Waals surface area contributed by atoms with Crippen molar-refractivity contribution in [2.75, 3.05) is 13.1 Å². The third kappa shape index (κ3) is 2.74. The Morgan fingerprint density at radius 2 is 2.30 bits per heavy atom. The van der Waals surface area contributed by atoms with E-state index in [4.69, 9.17) is 5.41 Å². The van der Waals surface area contributed by atoms with Crippen molar-refractivity contribution in [3.05, 3.63) is 35.6 Å². The molecule has 0 amide bonds. The second kappa shape index (κ2) is 5.96. The molecule has 122 valence electrons. The van der Waals surface area contributed by atoms with E-state index < -0.39 is 0 Å². The van der Waals surface area contributed by atoms with Gasteiger partial charge in [0.1, 0.15) is 12.0 Å². The zero-order valence-corrected chi connectivity index (χ0v) is 13.6. The summed E-state index contributed by atoms with van der Waals surface area (Å²) in [4.78, 5) is 0. The number of nitrogens with zero attached hydrogens (tertiary/aromatic N) is 2. The minimum absolute atomic E-state index is 0.0642. The number of nitrogens with one attached hydrogen (secondary N) is 3. The van der Waals surface area contributed by atoms with Crippen molar-refractivity contribution in [2.45, 2.75) is 32.4 Å². The molecule has 0 aromatic heterocycles. The van der Waals surface area contributed by atoms with E-state index in [-0.39, 0.29) is 12.1 Å². The number of hydrogen-bond donors (Lipinski definition) is 3. The predicted octanol–water partition coefficient (Wildman–Crippen LogP) is 2.22. The Labute approximate surface area is 137 Å². The first kappa shape index (κ1) is 14.7. The van der Waals surface area contributed by atoms with Crippen LogP contribution in [-0.2, 0) is 0 Å². The van der Waals surface area contributed by atoms with E-state index in [0.717, 1.165) is 19.5 Å². The summed E-state index contributed by atoms with van der Waals surface area (Å²) in [5.74, 6) is 1.83. The lowest BCUT2D eigenvalue weighted by molar-refractivity contribution is 0.260. The lowest BCUT2D eigenvalue weighted by atomic mass is 9.85. The average molecular weight is 311 g/mol. The van der Waals surface area contributed by atoms with Crippen molar-refractivity contribution >= 4 is 12.1 Å². The van der Waals surface area contributed by atoms with Gasteiger partial charge < -0.3 is 10.6 Å². The molecule has 4 atom stereocenters. The quantitative estimate of drug-likeness (QED) is 0.733. The highest BCUT2D eigenvalue weighted by Gasteiger charge is 2.39. The number of piperidine rings is 1. The number of amidine groups is 1. The second-order valence-corrected chi connectivity index (χ2v) is 7.06. The molecule has 5 nitrogen and oxygen atoms in total. The van der Waals surface area contributed by atoms with Crippen LogP contribution in [0.1, 0.15) is 26.2 Å². The van der Waals surface area contributed by atoms with E-state index in [1.54, 1.807) is 0 Å². The molecular formula is C18H25N5. The van der Waals surface area contributed by atoms with Crippen molar-refractivity contribution in [2.24, 2.45) is 22.9 Å². The van der Waals surface area contributed by atoms with E-state index in [1.807, 2.05) is 17.3 Å². The van der Waals surface area contributed by atoms with Gasteiger partial charge in [0.05, 0.1) is 5.92 Å². The van der Waals surface area contributed by atoms with Crippen molar-refractivity contribution < 1.29 is 0 Å². The molecule has 23 heavy (non-hydrogen) atoms. The first-order chi connectivity index (χ1) is 11.2. The molecule has 5 heteroatoms. The third-order valence-corrected chi connectivity index (χ3v) is 5.28. The van der Waals surface area contributed by atoms with Gasteiger partial charge in [0.2, 0.25) is 0 Å². The van der Waals surface area contributed by atoms with Crippen molar-refractivity contribution in [3.63, 3.8) is 0 Å². The minimum atomic E-state index is 0.0642. The van der Waals surface area contributed by atoms with Crippen molar-refractivity contribution in [1.29, 1.82) is 5.41 Å². The van der Waals surface area contributed by atoms with Gasteiger partial charge in [-0.1, -0.05) is 30.7 Å². The fourth-order valence-electron chi connectivity index (χ4n) is 4.01. The Kier molecular flexibility index (Phi) is 3.81. The maximum absolute atomic E-state index is 8.35. The van der Waals surface area contributed by atoms with Crippen LogP contribution in [0.2, 0.25) is 0 Å². The lowest BCUT2D eigenvalue weighted by Gasteiger charge is -2.38. The highest BCUT2D eigenvalue weighted by molar-refractivity contribution is 5.94. The summed E-state index contributed by atoms with van der Waals surface area (Å²) in [6, 6.07) is 0. The van der Waals surface area contributed by atoms with Gasteiger partial charge in [-0.15, -0.1) is 0 Å². The van der Waals surface area contributed by atoms with E-state index in [2.05, 4.69) is 40.9 Å². The zero-order chi connectivity index (χ0) is 15.8. The topological polar surface area (TPSA) is 63.5 Å². The number of rotatable bonds is 2. The summed E-state index contributed by atoms with van der Waals surface area (Å²) in [6.07, 6.45) is 14.2. The molecule has 0 aromatic rings. The van der Waals surface area contributed by atoms with Crippen LogP contribution in [0.3, 0.4) is 0 Å². The number of allylic oxidation sites excluding steroid dienone is 3. The van der Waals surface area contributed by atoms with E-state index in [9.17, 15) is 0 Å². The molecule has 4 aliphatic rings. The van der Waals surface area contributed by atoms with Crippen molar-refractivity contribution in [1.82, 2.24) is 15.6 Å². The van der Waals surface area contributed by atoms with Crippen LogP contribution in [0.5, 0.6) is 0 Å². The Balaban J connectivity index is 1.55. The zero-order valence-electron chi connectivity index (χ0n) is 13.6. The van der Waals surface area contributed by atoms with Crippen LogP contribution in [0.25, 0.3) is 0 Å². The molecule has 0 spiro atoms. The smallest absolute Gasteiger partial charge is 0.145 e. The standard InChI is InChI=1S/C18H25N5/c1-12-4-2-5-13(8-12)15-11-21-23-17(19)9-16(22-18(15)23)14-6-3-7-20-10-14/h2,4-5,9,11-12,14-15,18-20,22H,3,6-8,10H2,1H3. The summed E-state index contributed by atoms with van der Waals surface area (Å²) < 4.78 is 0. The van der Waals surface area contributed by atoms with Crippen LogP contribution in [0.4, 0.5) is 0 Å². The van der Waals surface area contributed by atoms with Gasteiger partial charge in [-0.25, -0.2) is 5.01 Å². The third-order valence-electron chi connectivity index (χ3n) is 5.28. The molecule has 1 fully saturated rings. The molecule has 1 saturated heterocycles. The van der Waals surface area contributed by atoms with Gasteiger partial charge in [-0.2, -0.15) is 5.10 Å². The van der Waals surface area contributed by atoms with Gasteiger partial charge in [0.25, 0.3) is 0 Å². The molecule has 1 aliphatic carbocycles. The predicted molar refractivity (Wildman–Crippen MR) is 93.2 cm³/mol. The summed E-state index contributed by atoms with van der Waals surface area (Å²) in [5.41, 5.74) is 2.62. The first-order valence-electron chi connectivity index (χ1n) is 8.70. The molecule has 3 N–H and O–H groups in total. The number of hydrogen-bond acceptors (Lipinski definition) is 4. The first-order valence-corrected chi connectivity index (χ1v) is 8.70. The van der Waals surface area contributed by atoms with Gasteiger partial charge in [0, 0.05) is 30.5 Å². The molecule has 3 aliphatic heterocycles. The second-order valence-electron chi connectivity index (χ2n) is 7.06. The van der Waals surface area contributed by atoms with Crippen LogP contribution >= 0.6 is 0 Å². The Bertz CT molecular complexity index is 609. The SMILES string of the molecule is CC1C=CC=C(C2C=NN3C(=N)C=C(C4CCCNC4)NC23)C1. The maximum Gasteiger partial charge on any atom is 0.145 e. The van der Waals surface area contributed by atoms with E-state index in [0.29, 0.717) is 17.7 Å². The summed E-state index contributed by atoms with van der Waals surface area (Å²) in [5, 5.41) is 21.8. The Hall–Kier alpha value is -1.88. The minimum Gasteiger partial charge on any atom is -0.366 e. The van der Waals surface area contributed by atoms with E-state index in [1.165, 1.54) is 24.1 Å². The summed E-state index contributed by atoms with van der Waals surface area (Å²) in [7, 11) is 0. The molecule has 4 unspecified atom stereocenters. The van der Waals surface area contributed by atoms with Gasteiger partial charge in [0.15, 0.2) is 0 Å².